The summed E-state index contributed by atoms with van der Waals surface area (Å²) in [5.41, 5.74) is 2.25. The van der Waals surface area contributed by atoms with Gasteiger partial charge >= 0.3 is 0 Å². The second kappa shape index (κ2) is 7.23. The van der Waals surface area contributed by atoms with Gasteiger partial charge in [0, 0.05) is 45.1 Å². The third-order valence-electron chi connectivity index (χ3n) is 4.56. The molecule has 0 atom stereocenters. The fourth-order valence-electron chi connectivity index (χ4n) is 3.15. The Morgan fingerprint density at radius 3 is 2.69 bits per heavy atom. The molecule has 0 N–H and O–H groups in total. The predicted octanol–water partition coefficient (Wildman–Crippen LogP) is 2.99. The van der Waals surface area contributed by atoms with Crippen molar-refractivity contribution >= 4 is 34.8 Å². The molecule has 0 radical (unpaired) electrons. The number of fused-ring (bicyclic) bond motifs is 1. The molecule has 0 unspecified atom stereocenters. The lowest BCUT2D eigenvalue weighted by atomic mass is 10.2. The van der Waals surface area contributed by atoms with E-state index in [2.05, 4.69) is 15.0 Å². The van der Waals surface area contributed by atoms with Crippen molar-refractivity contribution in [2.75, 3.05) is 26.2 Å². The van der Waals surface area contributed by atoms with E-state index in [0.717, 1.165) is 25.2 Å². The molecule has 1 saturated heterocycles. The van der Waals surface area contributed by atoms with Crippen LogP contribution in [0.4, 0.5) is 0 Å². The Hall–Kier alpha value is -2.15. The fraction of sp³-hybridized carbons (Fsp3) is 0.278. The predicted molar refractivity (Wildman–Crippen MR) is 101 cm³/mol. The van der Waals surface area contributed by atoms with Gasteiger partial charge in [-0.15, -0.1) is 0 Å². The van der Waals surface area contributed by atoms with Gasteiger partial charge in [-0.25, -0.2) is 9.50 Å². The largest absolute Gasteiger partial charge is 0.336 e. The van der Waals surface area contributed by atoms with E-state index < -0.39 is 0 Å². The van der Waals surface area contributed by atoms with Gasteiger partial charge in [0.2, 0.25) is 0 Å². The van der Waals surface area contributed by atoms with E-state index in [9.17, 15) is 4.79 Å². The molecule has 8 heteroatoms. The molecule has 1 aliphatic heterocycles. The normalized spacial score (nSPS) is 15.5. The lowest BCUT2D eigenvalue weighted by Crippen LogP contribution is -2.48. The first-order valence-electron chi connectivity index (χ1n) is 8.36. The average Bonchev–Trinajstić information content (AvgIpc) is 3.09. The number of nitrogens with zero attached hydrogens (tertiary/aromatic N) is 5. The van der Waals surface area contributed by atoms with Crippen molar-refractivity contribution in [3.8, 4) is 0 Å². The van der Waals surface area contributed by atoms with E-state index in [1.54, 1.807) is 29.2 Å². The smallest absolute Gasteiger partial charge is 0.259 e. The summed E-state index contributed by atoms with van der Waals surface area (Å²) >= 11 is 12.0. The lowest BCUT2D eigenvalue weighted by molar-refractivity contribution is 0.0630. The van der Waals surface area contributed by atoms with Crippen LogP contribution in [0.3, 0.4) is 0 Å². The van der Waals surface area contributed by atoms with E-state index in [4.69, 9.17) is 23.2 Å². The molecular weight excluding hydrogens is 373 g/mol. The summed E-state index contributed by atoms with van der Waals surface area (Å²) in [6.07, 6.45) is 5.05. The van der Waals surface area contributed by atoms with Crippen molar-refractivity contribution < 1.29 is 4.79 Å². The van der Waals surface area contributed by atoms with Gasteiger partial charge in [0.1, 0.15) is 5.56 Å². The van der Waals surface area contributed by atoms with Crippen LogP contribution in [0.1, 0.15) is 15.9 Å². The molecule has 0 bridgehead atoms. The summed E-state index contributed by atoms with van der Waals surface area (Å²) in [7, 11) is 0. The van der Waals surface area contributed by atoms with Crippen LogP contribution < -0.4 is 0 Å². The van der Waals surface area contributed by atoms with Crippen molar-refractivity contribution in [3.63, 3.8) is 0 Å². The van der Waals surface area contributed by atoms with Gasteiger partial charge in [-0.1, -0.05) is 29.3 Å². The van der Waals surface area contributed by atoms with Gasteiger partial charge in [-0.3, -0.25) is 9.69 Å². The van der Waals surface area contributed by atoms with Crippen molar-refractivity contribution in [1.82, 2.24) is 24.4 Å². The minimum absolute atomic E-state index is 0.0205. The Labute approximate surface area is 160 Å². The molecule has 4 rings (SSSR count). The fourth-order valence-corrected chi connectivity index (χ4v) is 3.47. The number of hydrogen-bond acceptors (Lipinski definition) is 4. The van der Waals surface area contributed by atoms with Gasteiger partial charge in [0.25, 0.3) is 5.91 Å². The van der Waals surface area contributed by atoms with Crippen molar-refractivity contribution in [3.05, 3.63) is 64.0 Å². The third kappa shape index (κ3) is 3.40. The second-order valence-corrected chi connectivity index (χ2v) is 7.08. The Morgan fingerprint density at radius 1 is 1.12 bits per heavy atom. The van der Waals surface area contributed by atoms with Crippen LogP contribution in [-0.2, 0) is 6.54 Å². The van der Waals surface area contributed by atoms with Crippen LogP contribution >= 0.6 is 23.2 Å². The summed E-state index contributed by atoms with van der Waals surface area (Å²) in [5, 5.41) is 5.32. The summed E-state index contributed by atoms with van der Waals surface area (Å²) in [4.78, 5) is 21.2. The highest BCUT2D eigenvalue weighted by Gasteiger charge is 2.24. The number of carbonyl (C=O) groups is 1. The molecule has 0 spiro atoms. The molecule has 1 fully saturated rings. The van der Waals surface area contributed by atoms with Crippen LogP contribution in [0.25, 0.3) is 5.65 Å². The minimum atomic E-state index is -0.0205. The monoisotopic (exact) mass is 389 g/mol. The highest BCUT2D eigenvalue weighted by molar-refractivity contribution is 6.42. The highest BCUT2D eigenvalue weighted by Crippen LogP contribution is 2.23. The zero-order chi connectivity index (χ0) is 18.1. The van der Waals surface area contributed by atoms with Gasteiger partial charge < -0.3 is 4.90 Å². The summed E-state index contributed by atoms with van der Waals surface area (Å²) in [6.45, 7) is 3.74. The van der Waals surface area contributed by atoms with Crippen LogP contribution in [0.15, 0.2) is 42.9 Å². The molecule has 1 aliphatic rings. The van der Waals surface area contributed by atoms with E-state index in [-0.39, 0.29) is 5.91 Å². The number of hydrogen-bond donors (Lipinski definition) is 0. The van der Waals surface area contributed by atoms with Crippen LogP contribution in [0.2, 0.25) is 10.0 Å². The summed E-state index contributed by atoms with van der Waals surface area (Å²) < 4.78 is 1.62. The van der Waals surface area contributed by atoms with Gasteiger partial charge in [-0.05, 0) is 23.8 Å². The number of rotatable bonds is 3. The highest BCUT2D eigenvalue weighted by atomic mass is 35.5. The number of halogens is 2. The molecule has 26 heavy (non-hydrogen) atoms. The van der Waals surface area contributed by atoms with Gasteiger partial charge in [0.15, 0.2) is 5.65 Å². The standard InChI is InChI=1S/C18H17Cl2N5O/c19-15-3-2-13(10-16(15)20)12-23-6-8-24(9-7-23)18(26)14-11-22-25-5-1-4-21-17(14)25/h1-5,10-11H,6-9,12H2. The molecule has 3 heterocycles. The van der Waals surface area contributed by atoms with Crippen LogP contribution in [-0.4, -0.2) is 56.5 Å². The molecule has 3 aromatic rings. The first-order chi connectivity index (χ1) is 12.6. The Balaban J connectivity index is 1.40. The molecular formula is C18H17Cl2N5O. The topological polar surface area (TPSA) is 53.7 Å². The summed E-state index contributed by atoms with van der Waals surface area (Å²) in [5.74, 6) is -0.0205. The van der Waals surface area contributed by atoms with Crippen molar-refractivity contribution in [2.24, 2.45) is 0 Å². The van der Waals surface area contributed by atoms with Crippen LogP contribution in [0.5, 0.6) is 0 Å². The molecule has 6 nitrogen and oxygen atoms in total. The van der Waals surface area contributed by atoms with E-state index in [0.29, 0.717) is 34.3 Å². The molecule has 0 saturated carbocycles. The van der Waals surface area contributed by atoms with E-state index >= 15 is 0 Å². The Kier molecular flexibility index (Phi) is 4.80. The number of piperazine rings is 1. The SMILES string of the molecule is O=C(c1cnn2cccnc12)N1CCN(Cc2ccc(Cl)c(Cl)c2)CC1. The molecule has 1 aromatic carbocycles. The maximum atomic E-state index is 12.8. The van der Waals surface area contributed by atoms with Gasteiger partial charge in [-0.2, -0.15) is 5.10 Å². The maximum absolute atomic E-state index is 12.8. The minimum Gasteiger partial charge on any atom is -0.336 e. The second-order valence-electron chi connectivity index (χ2n) is 6.26. The molecule has 2 aromatic heterocycles. The summed E-state index contributed by atoms with van der Waals surface area (Å²) in [6, 6.07) is 7.48. The molecule has 1 amide bonds. The van der Waals surface area contributed by atoms with Crippen LogP contribution in [0, 0.1) is 0 Å². The molecule has 0 aliphatic carbocycles. The van der Waals surface area contributed by atoms with Crippen molar-refractivity contribution in [2.45, 2.75) is 6.54 Å². The van der Waals surface area contributed by atoms with E-state index in [1.807, 2.05) is 23.1 Å². The van der Waals surface area contributed by atoms with Crippen molar-refractivity contribution in [1.29, 1.82) is 0 Å². The Morgan fingerprint density at radius 2 is 1.92 bits per heavy atom. The lowest BCUT2D eigenvalue weighted by Gasteiger charge is -2.34. The number of aromatic nitrogens is 3. The molecule has 134 valence electrons. The number of amides is 1. The quantitative estimate of drug-likeness (QED) is 0.690. The maximum Gasteiger partial charge on any atom is 0.259 e. The Bertz CT molecular complexity index is 950. The number of carbonyl (C=O) groups excluding carboxylic acids is 1. The zero-order valence-corrected chi connectivity index (χ0v) is 15.5. The van der Waals surface area contributed by atoms with E-state index in [1.165, 1.54) is 0 Å². The first kappa shape index (κ1) is 17.3. The number of benzene rings is 1. The van der Waals surface area contributed by atoms with Gasteiger partial charge in [0.05, 0.1) is 16.2 Å². The zero-order valence-electron chi connectivity index (χ0n) is 14.0. The average molecular weight is 390 g/mol. The third-order valence-corrected chi connectivity index (χ3v) is 5.30. The first-order valence-corrected chi connectivity index (χ1v) is 9.11.